The fourth-order valence-corrected chi connectivity index (χ4v) is 2.58. The molecule has 0 amide bonds. The van der Waals surface area contributed by atoms with Crippen molar-refractivity contribution in [2.45, 2.75) is 56.8 Å². The van der Waals surface area contributed by atoms with Gasteiger partial charge in [-0.25, -0.2) is 0 Å². The quantitative estimate of drug-likeness (QED) is 0.748. The molecule has 1 heterocycles. The molecule has 0 spiro atoms. The summed E-state index contributed by atoms with van der Waals surface area (Å²) in [7, 11) is 0. The lowest BCUT2D eigenvalue weighted by Gasteiger charge is -2.25. The first-order chi connectivity index (χ1) is 7.68. The van der Waals surface area contributed by atoms with Crippen LogP contribution >= 0.6 is 0 Å². The third kappa shape index (κ3) is 2.65. The molecule has 0 aromatic heterocycles. The summed E-state index contributed by atoms with van der Waals surface area (Å²) < 4.78 is 11.3. The maximum atomic E-state index is 10.2. The predicted molar refractivity (Wildman–Crippen MR) is 62.1 cm³/mol. The molecule has 1 aliphatic carbocycles. The Balaban J connectivity index is 2.02. The number of aliphatic hydroxyl groups is 1. The minimum absolute atomic E-state index is 0.562. The van der Waals surface area contributed by atoms with Gasteiger partial charge in [0.15, 0.2) is 5.79 Å². The van der Waals surface area contributed by atoms with Gasteiger partial charge in [0.25, 0.3) is 0 Å². The van der Waals surface area contributed by atoms with Gasteiger partial charge in [-0.1, -0.05) is 32.3 Å². The lowest BCUT2D eigenvalue weighted by molar-refractivity contribution is -0.122. The first-order valence-electron chi connectivity index (χ1n) is 6.39. The van der Waals surface area contributed by atoms with E-state index in [4.69, 9.17) is 9.47 Å². The molecule has 0 unspecified atom stereocenters. The van der Waals surface area contributed by atoms with E-state index in [1.165, 1.54) is 0 Å². The van der Waals surface area contributed by atoms with Crippen molar-refractivity contribution in [1.82, 2.24) is 0 Å². The van der Waals surface area contributed by atoms with Gasteiger partial charge < -0.3 is 14.6 Å². The Hall–Kier alpha value is -0.380. The van der Waals surface area contributed by atoms with Gasteiger partial charge in [0, 0.05) is 6.42 Å². The Morgan fingerprint density at radius 3 is 2.31 bits per heavy atom. The summed E-state index contributed by atoms with van der Waals surface area (Å²) in [6, 6.07) is 0. The van der Waals surface area contributed by atoms with Crippen molar-refractivity contribution in [3.05, 3.63) is 12.2 Å². The van der Waals surface area contributed by atoms with E-state index < -0.39 is 11.4 Å². The molecule has 2 rings (SSSR count). The molecule has 2 fully saturated rings. The van der Waals surface area contributed by atoms with Crippen LogP contribution in [0.5, 0.6) is 0 Å². The van der Waals surface area contributed by atoms with Crippen molar-refractivity contribution < 1.29 is 14.6 Å². The molecular formula is C13H22O3. The second kappa shape index (κ2) is 4.86. The van der Waals surface area contributed by atoms with Crippen molar-refractivity contribution in [2.24, 2.45) is 0 Å². The van der Waals surface area contributed by atoms with Gasteiger partial charge in [0.2, 0.25) is 0 Å². The maximum Gasteiger partial charge on any atom is 0.188 e. The standard InChI is InChI=1S/C13H22O3/c1-2-5-13(15-10-11-16-13)9-8-12(14)6-3-4-7-12/h8-9,14H,2-7,10-11H2,1H3/b9-8+. The zero-order chi connectivity index (χ0) is 11.5. The Morgan fingerprint density at radius 2 is 1.75 bits per heavy atom. The molecule has 3 nitrogen and oxygen atoms in total. The van der Waals surface area contributed by atoms with Gasteiger partial charge in [-0.15, -0.1) is 0 Å². The van der Waals surface area contributed by atoms with Crippen molar-refractivity contribution in [2.75, 3.05) is 13.2 Å². The summed E-state index contributed by atoms with van der Waals surface area (Å²) in [4.78, 5) is 0. The molecule has 1 N–H and O–H groups in total. The highest BCUT2D eigenvalue weighted by Gasteiger charge is 2.35. The summed E-state index contributed by atoms with van der Waals surface area (Å²) >= 11 is 0. The van der Waals surface area contributed by atoms with Crippen LogP contribution in [0.3, 0.4) is 0 Å². The third-order valence-corrected chi connectivity index (χ3v) is 3.49. The van der Waals surface area contributed by atoms with Gasteiger partial charge in [0.05, 0.1) is 18.8 Å². The number of hydrogen-bond donors (Lipinski definition) is 1. The van der Waals surface area contributed by atoms with Crippen LogP contribution in [0, 0.1) is 0 Å². The maximum absolute atomic E-state index is 10.2. The van der Waals surface area contributed by atoms with E-state index in [1.54, 1.807) is 0 Å². The number of hydrogen-bond acceptors (Lipinski definition) is 3. The summed E-state index contributed by atoms with van der Waals surface area (Å²) in [5, 5.41) is 10.2. The molecule has 1 saturated heterocycles. The van der Waals surface area contributed by atoms with Crippen molar-refractivity contribution >= 4 is 0 Å². The fraction of sp³-hybridized carbons (Fsp3) is 0.846. The van der Waals surface area contributed by atoms with Crippen LogP contribution in [0.15, 0.2) is 12.2 Å². The van der Waals surface area contributed by atoms with Crippen LogP contribution < -0.4 is 0 Å². The van der Waals surface area contributed by atoms with Crippen LogP contribution in [0.25, 0.3) is 0 Å². The molecule has 0 bridgehead atoms. The number of ether oxygens (including phenoxy) is 2. The molecule has 1 aliphatic heterocycles. The van der Waals surface area contributed by atoms with Crippen LogP contribution in [-0.2, 0) is 9.47 Å². The topological polar surface area (TPSA) is 38.7 Å². The average Bonchev–Trinajstić information content (AvgIpc) is 2.87. The fourth-order valence-electron chi connectivity index (χ4n) is 2.58. The highest BCUT2D eigenvalue weighted by atomic mass is 16.7. The summed E-state index contributed by atoms with van der Waals surface area (Å²) in [5.74, 6) is -0.562. The van der Waals surface area contributed by atoms with Crippen LogP contribution in [0.4, 0.5) is 0 Å². The minimum Gasteiger partial charge on any atom is -0.386 e. The van der Waals surface area contributed by atoms with E-state index >= 15 is 0 Å². The van der Waals surface area contributed by atoms with E-state index in [2.05, 4.69) is 6.92 Å². The van der Waals surface area contributed by atoms with Gasteiger partial charge in [0.1, 0.15) is 0 Å². The molecule has 0 atom stereocenters. The Kier molecular flexibility index (Phi) is 3.67. The normalized spacial score (nSPS) is 27.9. The van der Waals surface area contributed by atoms with Crippen molar-refractivity contribution in [3.63, 3.8) is 0 Å². The molecule has 0 aromatic carbocycles. The largest absolute Gasteiger partial charge is 0.386 e. The summed E-state index contributed by atoms with van der Waals surface area (Å²) in [6.07, 6.45) is 9.68. The Bertz CT molecular complexity index is 248. The third-order valence-electron chi connectivity index (χ3n) is 3.49. The highest BCUT2D eigenvalue weighted by Crippen LogP contribution is 2.33. The molecule has 2 aliphatic rings. The SMILES string of the molecule is CCCC1(/C=C/C2(O)CCCC2)OCCO1. The van der Waals surface area contributed by atoms with Gasteiger partial charge in [-0.05, 0) is 18.9 Å². The Morgan fingerprint density at radius 1 is 1.12 bits per heavy atom. The first kappa shape index (κ1) is 12.1. The molecular weight excluding hydrogens is 204 g/mol. The zero-order valence-corrected chi connectivity index (χ0v) is 10.1. The molecule has 0 aromatic rings. The highest BCUT2D eigenvalue weighted by molar-refractivity contribution is 5.09. The van der Waals surface area contributed by atoms with Crippen molar-refractivity contribution in [3.8, 4) is 0 Å². The zero-order valence-electron chi connectivity index (χ0n) is 10.1. The van der Waals surface area contributed by atoms with E-state index in [9.17, 15) is 5.11 Å². The summed E-state index contributed by atoms with van der Waals surface area (Å²) in [5.41, 5.74) is -0.615. The summed E-state index contributed by atoms with van der Waals surface area (Å²) in [6.45, 7) is 3.43. The van der Waals surface area contributed by atoms with E-state index in [0.717, 1.165) is 38.5 Å². The molecule has 92 valence electrons. The molecule has 3 heteroatoms. The smallest absolute Gasteiger partial charge is 0.188 e. The molecule has 0 radical (unpaired) electrons. The average molecular weight is 226 g/mol. The van der Waals surface area contributed by atoms with Crippen molar-refractivity contribution in [1.29, 1.82) is 0 Å². The minimum atomic E-state index is -0.615. The van der Waals surface area contributed by atoms with E-state index in [0.29, 0.717) is 13.2 Å². The lowest BCUT2D eigenvalue weighted by atomic mass is 9.99. The van der Waals surface area contributed by atoms with Crippen LogP contribution in [-0.4, -0.2) is 29.7 Å². The molecule has 16 heavy (non-hydrogen) atoms. The second-order valence-electron chi connectivity index (χ2n) is 4.90. The van der Waals surface area contributed by atoms with E-state index in [-0.39, 0.29) is 0 Å². The van der Waals surface area contributed by atoms with Crippen LogP contribution in [0.1, 0.15) is 45.4 Å². The predicted octanol–water partition coefficient (Wildman–Crippen LogP) is 2.39. The van der Waals surface area contributed by atoms with Crippen LogP contribution in [0.2, 0.25) is 0 Å². The Labute approximate surface area is 97.4 Å². The first-order valence-corrected chi connectivity index (χ1v) is 6.39. The van der Waals surface area contributed by atoms with Gasteiger partial charge >= 0.3 is 0 Å². The van der Waals surface area contributed by atoms with E-state index in [1.807, 2.05) is 12.2 Å². The second-order valence-corrected chi connectivity index (χ2v) is 4.90. The number of rotatable bonds is 4. The lowest BCUT2D eigenvalue weighted by Crippen LogP contribution is -2.29. The van der Waals surface area contributed by atoms with Gasteiger partial charge in [-0.3, -0.25) is 0 Å². The molecule has 1 saturated carbocycles. The van der Waals surface area contributed by atoms with Gasteiger partial charge in [-0.2, -0.15) is 0 Å². The monoisotopic (exact) mass is 226 g/mol.